The number of sulfone groups is 1. The molecule has 1 heterocycles. The standard InChI is InChI=1S/C12H13ClO3S/c1-8(2)16-7-11-6-9-5-10(13)3-4-12(9)17(11,14)15/h3-6,8H,7H2,1-2H3. The molecule has 92 valence electrons. The summed E-state index contributed by atoms with van der Waals surface area (Å²) in [7, 11) is -3.38. The van der Waals surface area contributed by atoms with Crippen LogP contribution in [0.2, 0.25) is 5.02 Å². The quantitative estimate of drug-likeness (QED) is 0.850. The molecule has 0 aliphatic carbocycles. The Morgan fingerprint density at radius 1 is 1.35 bits per heavy atom. The van der Waals surface area contributed by atoms with Gasteiger partial charge in [0.2, 0.25) is 9.84 Å². The second kappa shape index (κ2) is 4.44. The van der Waals surface area contributed by atoms with Gasteiger partial charge in [-0.1, -0.05) is 11.6 Å². The fraction of sp³-hybridized carbons (Fsp3) is 0.333. The Morgan fingerprint density at radius 2 is 2.06 bits per heavy atom. The van der Waals surface area contributed by atoms with Crippen LogP contribution in [0.5, 0.6) is 0 Å². The van der Waals surface area contributed by atoms with Crippen molar-refractivity contribution in [1.29, 1.82) is 0 Å². The lowest BCUT2D eigenvalue weighted by molar-refractivity contribution is 0.101. The maximum atomic E-state index is 12.1. The van der Waals surface area contributed by atoms with E-state index in [1.165, 1.54) is 6.07 Å². The molecule has 0 radical (unpaired) electrons. The van der Waals surface area contributed by atoms with Gasteiger partial charge in [0.1, 0.15) is 0 Å². The Labute approximate surface area is 106 Å². The van der Waals surface area contributed by atoms with Gasteiger partial charge < -0.3 is 4.74 Å². The Morgan fingerprint density at radius 3 is 2.71 bits per heavy atom. The summed E-state index contributed by atoms with van der Waals surface area (Å²) in [6.07, 6.45) is 1.62. The average Bonchev–Trinajstić information content (AvgIpc) is 2.46. The highest BCUT2D eigenvalue weighted by atomic mass is 35.5. The minimum Gasteiger partial charge on any atom is -0.373 e. The predicted molar refractivity (Wildman–Crippen MR) is 67.7 cm³/mol. The molecule has 1 aromatic carbocycles. The average molecular weight is 273 g/mol. The second-order valence-electron chi connectivity index (χ2n) is 4.16. The maximum absolute atomic E-state index is 12.1. The van der Waals surface area contributed by atoms with Crippen LogP contribution in [0.1, 0.15) is 19.4 Å². The molecule has 0 spiro atoms. The van der Waals surface area contributed by atoms with Crippen molar-refractivity contribution in [2.24, 2.45) is 0 Å². The van der Waals surface area contributed by atoms with E-state index < -0.39 is 9.84 Å². The summed E-state index contributed by atoms with van der Waals surface area (Å²) in [6.45, 7) is 3.84. The molecule has 0 unspecified atom stereocenters. The van der Waals surface area contributed by atoms with Crippen LogP contribution >= 0.6 is 11.6 Å². The Kier molecular flexibility index (Phi) is 3.30. The van der Waals surface area contributed by atoms with Gasteiger partial charge in [0.25, 0.3) is 0 Å². The van der Waals surface area contributed by atoms with Crippen molar-refractivity contribution >= 4 is 27.5 Å². The van der Waals surface area contributed by atoms with E-state index in [4.69, 9.17) is 16.3 Å². The van der Waals surface area contributed by atoms with Gasteiger partial charge in [0, 0.05) is 5.02 Å². The highest BCUT2D eigenvalue weighted by Crippen LogP contribution is 2.34. The van der Waals surface area contributed by atoms with Crippen LogP contribution < -0.4 is 0 Å². The van der Waals surface area contributed by atoms with Gasteiger partial charge in [-0.15, -0.1) is 0 Å². The van der Waals surface area contributed by atoms with Crippen LogP contribution in [0.15, 0.2) is 28.0 Å². The molecule has 0 N–H and O–H groups in total. The number of hydrogen-bond donors (Lipinski definition) is 0. The molecule has 5 heteroatoms. The number of hydrogen-bond acceptors (Lipinski definition) is 3. The molecular formula is C12H13ClO3S. The lowest BCUT2D eigenvalue weighted by Crippen LogP contribution is -2.10. The van der Waals surface area contributed by atoms with Crippen molar-refractivity contribution in [3.63, 3.8) is 0 Å². The van der Waals surface area contributed by atoms with Gasteiger partial charge in [-0.25, -0.2) is 8.42 Å². The number of fused-ring (bicyclic) bond motifs is 1. The molecular weight excluding hydrogens is 260 g/mol. The Hall–Kier alpha value is -0.840. The zero-order valence-corrected chi connectivity index (χ0v) is 11.2. The van der Waals surface area contributed by atoms with Gasteiger partial charge in [0.15, 0.2) is 0 Å². The van der Waals surface area contributed by atoms with Gasteiger partial charge in [-0.3, -0.25) is 0 Å². The third-order valence-electron chi connectivity index (χ3n) is 2.48. The largest absolute Gasteiger partial charge is 0.373 e. The van der Waals surface area contributed by atoms with Gasteiger partial charge >= 0.3 is 0 Å². The summed E-state index contributed by atoms with van der Waals surface area (Å²) >= 11 is 5.84. The van der Waals surface area contributed by atoms with E-state index >= 15 is 0 Å². The molecule has 3 nitrogen and oxygen atoms in total. The fourth-order valence-corrected chi connectivity index (χ4v) is 3.28. The third kappa shape index (κ3) is 2.39. The lowest BCUT2D eigenvalue weighted by Gasteiger charge is -2.08. The first kappa shape index (κ1) is 12.6. The van der Waals surface area contributed by atoms with Crippen molar-refractivity contribution in [1.82, 2.24) is 0 Å². The molecule has 1 aliphatic rings. The fourth-order valence-electron chi connectivity index (χ4n) is 1.64. The minimum atomic E-state index is -3.38. The molecule has 0 amide bonds. The summed E-state index contributed by atoms with van der Waals surface area (Å²) in [4.78, 5) is 0.604. The molecule has 0 aromatic heterocycles. The van der Waals surface area contributed by atoms with Gasteiger partial charge in [-0.05, 0) is 43.7 Å². The van der Waals surface area contributed by atoms with E-state index in [2.05, 4.69) is 0 Å². The van der Waals surface area contributed by atoms with Gasteiger partial charge in [0.05, 0.1) is 22.5 Å². The van der Waals surface area contributed by atoms with Crippen LogP contribution in [0.25, 0.3) is 6.08 Å². The SMILES string of the molecule is CC(C)OCC1=Cc2cc(Cl)ccc2S1(=O)=O. The predicted octanol–water partition coefficient (Wildman–Crippen LogP) is 2.89. The van der Waals surface area contributed by atoms with E-state index in [1.54, 1.807) is 18.2 Å². The number of rotatable bonds is 3. The summed E-state index contributed by atoms with van der Waals surface area (Å²) in [5.74, 6) is 0. The van der Waals surface area contributed by atoms with Crippen LogP contribution in [0, 0.1) is 0 Å². The Bertz CT molecular complexity index is 573. The molecule has 1 aliphatic heterocycles. The van der Waals surface area contributed by atoms with Crippen LogP contribution in [0.3, 0.4) is 0 Å². The van der Waals surface area contributed by atoms with Crippen molar-refractivity contribution < 1.29 is 13.2 Å². The van der Waals surface area contributed by atoms with Gasteiger partial charge in [-0.2, -0.15) is 0 Å². The molecule has 17 heavy (non-hydrogen) atoms. The highest BCUT2D eigenvalue weighted by Gasteiger charge is 2.29. The Balaban J connectivity index is 2.37. The minimum absolute atomic E-state index is 0.00148. The number of benzene rings is 1. The monoisotopic (exact) mass is 272 g/mol. The van der Waals surface area contributed by atoms with Crippen molar-refractivity contribution in [2.75, 3.05) is 6.61 Å². The normalized spacial score (nSPS) is 17.1. The van der Waals surface area contributed by atoms with Crippen molar-refractivity contribution in [3.8, 4) is 0 Å². The third-order valence-corrected chi connectivity index (χ3v) is 4.59. The molecule has 0 atom stereocenters. The second-order valence-corrected chi connectivity index (χ2v) is 6.56. The molecule has 0 saturated carbocycles. The van der Waals surface area contributed by atoms with E-state index in [1.807, 2.05) is 13.8 Å². The lowest BCUT2D eigenvalue weighted by atomic mass is 10.2. The first-order valence-corrected chi connectivity index (χ1v) is 7.14. The zero-order chi connectivity index (χ0) is 12.6. The number of halogens is 1. The van der Waals surface area contributed by atoms with E-state index in [0.717, 1.165) is 0 Å². The summed E-state index contributed by atoms with van der Waals surface area (Å²) in [5, 5.41) is 0.529. The van der Waals surface area contributed by atoms with E-state index in [9.17, 15) is 8.42 Å². The molecule has 0 saturated heterocycles. The van der Waals surface area contributed by atoms with Crippen LogP contribution in [-0.4, -0.2) is 21.1 Å². The zero-order valence-electron chi connectivity index (χ0n) is 9.60. The first-order valence-electron chi connectivity index (χ1n) is 5.28. The summed E-state index contributed by atoms with van der Waals surface area (Å²) < 4.78 is 29.6. The molecule has 0 fully saturated rings. The highest BCUT2D eigenvalue weighted by molar-refractivity contribution is 7.95. The molecule has 1 aromatic rings. The first-order chi connectivity index (χ1) is 7.91. The molecule has 2 rings (SSSR count). The molecule has 0 bridgehead atoms. The van der Waals surface area contributed by atoms with E-state index in [-0.39, 0.29) is 12.7 Å². The number of ether oxygens (including phenoxy) is 1. The topological polar surface area (TPSA) is 43.4 Å². The summed E-state index contributed by atoms with van der Waals surface area (Å²) in [5.41, 5.74) is 0.639. The maximum Gasteiger partial charge on any atom is 0.205 e. The van der Waals surface area contributed by atoms with Crippen molar-refractivity contribution in [2.45, 2.75) is 24.8 Å². The summed E-state index contributed by atoms with van der Waals surface area (Å²) in [6, 6.07) is 4.76. The van der Waals surface area contributed by atoms with Crippen LogP contribution in [-0.2, 0) is 14.6 Å². The van der Waals surface area contributed by atoms with Crippen LogP contribution in [0.4, 0.5) is 0 Å². The smallest absolute Gasteiger partial charge is 0.205 e. The van der Waals surface area contributed by atoms with E-state index in [0.29, 0.717) is 20.4 Å². The van der Waals surface area contributed by atoms with Crippen molar-refractivity contribution in [3.05, 3.63) is 33.7 Å².